The summed E-state index contributed by atoms with van der Waals surface area (Å²) in [5.74, 6) is -0.575. The monoisotopic (exact) mass is 1140 g/mol. The molecule has 0 aromatic carbocycles. The van der Waals surface area contributed by atoms with E-state index < -0.39 is 6.10 Å². The second-order valence-corrected chi connectivity index (χ2v) is 24.3. The van der Waals surface area contributed by atoms with Gasteiger partial charge in [0.25, 0.3) is 0 Å². The lowest BCUT2D eigenvalue weighted by Crippen LogP contribution is -2.28. The van der Waals surface area contributed by atoms with Crippen LogP contribution in [-0.4, -0.2) is 36.4 Å². The highest BCUT2D eigenvalue weighted by Gasteiger charge is 2.16. The van der Waals surface area contributed by atoms with Crippen molar-refractivity contribution < 1.29 is 24.2 Å². The van der Waals surface area contributed by atoms with Crippen LogP contribution in [0.15, 0.2) is 85.1 Å². The maximum atomic E-state index is 12.4. The summed E-state index contributed by atoms with van der Waals surface area (Å²) in [7, 11) is 0. The van der Waals surface area contributed by atoms with E-state index in [1.165, 1.54) is 270 Å². The van der Waals surface area contributed by atoms with Crippen LogP contribution in [0.2, 0.25) is 0 Å². The van der Waals surface area contributed by atoms with Crippen molar-refractivity contribution >= 4 is 11.9 Å². The van der Waals surface area contributed by atoms with Crippen molar-refractivity contribution in [2.75, 3.05) is 13.2 Å². The number of ether oxygens (including phenoxy) is 2. The van der Waals surface area contributed by atoms with Crippen LogP contribution in [0.4, 0.5) is 0 Å². The predicted octanol–water partition coefficient (Wildman–Crippen LogP) is 25.2. The first-order valence-corrected chi connectivity index (χ1v) is 36.1. The molecule has 0 heterocycles. The highest BCUT2D eigenvalue weighted by molar-refractivity contribution is 5.70. The number of aliphatic hydroxyl groups excluding tert-OH is 1. The second kappa shape index (κ2) is 72.3. The Labute approximate surface area is 511 Å². The second-order valence-electron chi connectivity index (χ2n) is 24.3. The zero-order valence-electron chi connectivity index (χ0n) is 54.8. The van der Waals surface area contributed by atoms with Crippen LogP contribution in [0.25, 0.3) is 0 Å². The topological polar surface area (TPSA) is 72.8 Å². The average molecular weight is 1140 g/mol. The minimum absolute atomic E-state index is 0.0642. The average Bonchev–Trinajstić information content (AvgIpc) is 3.49. The van der Waals surface area contributed by atoms with Crippen LogP contribution in [0.3, 0.4) is 0 Å². The molecule has 0 saturated carbocycles. The number of allylic oxidation sites excluding steroid dienone is 14. The Balaban J connectivity index is 3.42. The van der Waals surface area contributed by atoms with Crippen molar-refractivity contribution in [2.45, 2.75) is 380 Å². The molecule has 1 N–H and O–H groups in total. The van der Waals surface area contributed by atoms with Gasteiger partial charge in [-0.15, -0.1) is 0 Å². The van der Waals surface area contributed by atoms with E-state index in [1.54, 1.807) is 0 Å². The first-order valence-electron chi connectivity index (χ1n) is 36.1. The molecule has 1 atom stereocenters. The summed E-state index contributed by atoms with van der Waals surface area (Å²) in [6.45, 7) is 4.07. The van der Waals surface area contributed by atoms with Gasteiger partial charge in [0.05, 0.1) is 6.61 Å². The maximum Gasteiger partial charge on any atom is 0.306 e. The summed E-state index contributed by atoms with van der Waals surface area (Å²) in [6, 6.07) is 0. The van der Waals surface area contributed by atoms with Gasteiger partial charge in [-0.2, -0.15) is 0 Å². The molecule has 82 heavy (non-hydrogen) atoms. The summed E-state index contributed by atoms with van der Waals surface area (Å²) < 4.78 is 10.8. The van der Waals surface area contributed by atoms with Crippen LogP contribution in [0, 0.1) is 0 Å². The minimum atomic E-state index is -0.776. The first-order chi connectivity index (χ1) is 40.6. The number of aliphatic hydroxyl groups is 1. The number of carbonyl (C=O) groups is 2. The Hall–Kier alpha value is -2.92. The molecule has 0 spiro atoms. The number of esters is 2. The van der Waals surface area contributed by atoms with Gasteiger partial charge in [-0.05, 0) is 89.9 Å². The first kappa shape index (κ1) is 79.1. The Morgan fingerprint density at radius 3 is 0.805 bits per heavy atom. The van der Waals surface area contributed by atoms with Crippen LogP contribution in [0.1, 0.15) is 373 Å². The molecule has 0 aliphatic heterocycles. The predicted molar refractivity (Wildman–Crippen MR) is 362 cm³/mol. The number of hydrogen-bond acceptors (Lipinski definition) is 5. The Bertz CT molecular complexity index is 1480. The fourth-order valence-electron chi connectivity index (χ4n) is 10.8. The van der Waals surface area contributed by atoms with E-state index in [0.717, 1.165) is 77.0 Å². The van der Waals surface area contributed by atoms with E-state index in [2.05, 4.69) is 98.9 Å². The standard InChI is InChI=1S/C77H138O5/c1-3-5-7-9-11-13-15-17-19-21-23-25-27-29-31-33-35-37-38-40-41-43-45-47-49-51-53-55-57-59-61-63-65-67-69-71-76(79)81-74-75(73-78)82-77(80)72-70-68-66-64-62-60-58-56-54-52-50-48-46-44-42-39-36-34-32-30-28-26-24-22-20-18-16-14-12-10-8-6-4-2/h6,8,12,14,18,20-21,23-24,26,30,32,36,39,75,78H,3-5,7,9-11,13,15-17,19,22,25,27-29,31,33-35,37-38,40-74H2,1-2H3/b8-6-,14-12-,20-18-,23-21-,26-24-,32-30-,39-36-. The van der Waals surface area contributed by atoms with Crippen molar-refractivity contribution in [2.24, 2.45) is 0 Å². The molecule has 0 aromatic rings. The van der Waals surface area contributed by atoms with Crippen molar-refractivity contribution in [1.29, 1.82) is 0 Å². The van der Waals surface area contributed by atoms with Gasteiger partial charge in [0.1, 0.15) is 6.61 Å². The highest BCUT2D eigenvalue weighted by atomic mass is 16.6. The zero-order chi connectivity index (χ0) is 59.1. The highest BCUT2D eigenvalue weighted by Crippen LogP contribution is 2.18. The Kier molecular flexibility index (Phi) is 69.8. The molecule has 0 aliphatic carbocycles. The van der Waals surface area contributed by atoms with Gasteiger partial charge in [0, 0.05) is 12.8 Å². The molecular weight excluding hydrogens is 1000 g/mol. The molecule has 0 bridgehead atoms. The molecule has 0 aromatic heterocycles. The van der Waals surface area contributed by atoms with Gasteiger partial charge in [-0.1, -0.05) is 356 Å². The van der Waals surface area contributed by atoms with Crippen molar-refractivity contribution in [1.82, 2.24) is 0 Å². The Morgan fingerprint density at radius 1 is 0.293 bits per heavy atom. The van der Waals surface area contributed by atoms with E-state index in [1.807, 2.05) is 0 Å². The van der Waals surface area contributed by atoms with Crippen LogP contribution >= 0.6 is 0 Å². The number of hydrogen-bond donors (Lipinski definition) is 1. The fourth-order valence-corrected chi connectivity index (χ4v) is 10.8. The third kappa shape index (κ3) is 69.6. The number of unbranched alkanes of at least 4 members (excludes halogenated alkanes) is 45. The van der Waals surface area contributed by atoms with E-state index in [4.69, 9.17) is 9.47 Å². The lowest BCUT2D eigenvalue weighted by atomic mass is 10.0. The third-order valence-corrected chi connectivity index (χ3v) is 16.2. The largest absolute Gasteiger partial charge is 0.462 e. The van der Waals surface area contributed by atoms with Gasteiger partial charge in [0.2, 0.25) is 0 Å². The smallest absolute Gasteiger partial charge is 0.306 e. The molecule has 1 unspecified atom stereocenters. The van der Waals surface area contributed by atoms with Crippen molar-refractivity contribution in [3.63, 3.8) is 0 Å². The van der Waals surface area contributed by atoms with Gasteiger partial charge in [-0.3, -0.25) is 9.59 Å². The third-order valence-electron chi connectivity index (χ3n) is 16.2. The molecule has 476 valence electrons. The summed E-state index contributed by atoms with van der Waals surface area (Å²) in [6.07, 6.45) is 102. The summed E-state index contributed by atoms with van der Waals surface area (Å²) >= 11 is 0. The van der Waals surface area contributed by atoms with Crippen LogP contribution in [-0.2, 0) is 19.1 Å². The molecule has 0 fully saturated rings. The molecule has 0 radical (unpaired) electrons. The number of rotatable bonds is 67. The maximum absolute atomic E-state index is 12.4. The summed E-state index contributed by atoms with van der Waals surface area (Å²) in [4.78, 5) is 24.7. The lowest BCUT2D eigenvalue weighted by molar-refractivity contribution is -0.161. The molecule has 0 amide bonds. The minimum Gasteiger partial charge on any atom is -0.462 e. The molecule has 5 nitrogen and oxygen atoms in total. The molecule has 5 heteroatoms. The van der Waals surface area contributed by atoms with Crippen molar-refractivity contribution in [3.8, 4) is 0 Å². The normalized spacial score (nSPS) is 12.7. The fraction of sp³-hybridized carbons (Fsp3) is 0.792. The quantitative estimate of drug-likeness (QED) is 0.0373. The molecule has 0 saturated heterocycles. The van der Waals surface area contributed by atoms with Gasteiger partial charge in [0.15, 0.2) is 6.10 Å². The molecule has 0 aliphatic rings. The van der Waals surface area contributed by atoms with E-state index in [-0.39, 0.29) is 25.2 Å². The SMILES string of the molecule is CC/C=C\C/C=C\C/C=C\C/C=C\C/C=C\C/C=C\CCCCCCCCCCCCCCCCC(=O)OC(CO)COC(=O)CCCCCCCCCCCCCCCCCCCCCCCCC/C=C\CCCCCCCCCC. The van der Waals surface area contributed by atoms with Gasteiger partial charge < -0.3 is 14.6 Å². The van der Waals surface area contributed by atoms with Crippen LogP contribution < -0.4 is 0 Å². The van der Waals surface area contributed by atoms with E-state index >= 15 is 0 Å². The molecule has 0 rings (SSSR count). The van der Waals surface area contributed by atoms with E-state index in [9.17, 15) is 14.7 Å². The van der Waals surface area contributed by atoms with Gasteiger partial charge >= 0.3 is 11.9 Å². The van der Waals surface area contributed by atoms with Crippen molar-refractivity contribution in [3.05, 3.63) is 85.1 Å². The Morgan fingerprint density at radius 2 is 0.524 bits per heavy atom. The van der Waals surface area contributed by atoms with E-state index in [0.29, 0.717) is 12.8 Å². The van der Waals surface area contributed by atoms with Gasteiger partial charge in [-0.25, -0.2) is 0 Å². The molecular formula is C77H138O5. The number of carbonyl (C=O) groups excluding carboxylic acids is 2. The van der Waals surface area contributed by atoms with Crippen LogP contribution in [0.5, 0.6) is 0 Å². The summed E-state index contributed by atoms with van der Waals surface area (Å²) in [5, 5.41) is 9.71. The zero-order valence-corrected chi connectivity index (χ0v) is 54.8. The lowest BCUT2D eigenvalue weighted by Gasteiger charge is -2.15. The summed E-state index contributed by atoms with van der Waals surface area (Å²) in [5.41, 5.74) is 0.